The zero-order valence-electron chi connectivity index (χ0n) is 48.6. The molecule has 2 aromatic rings. The highest BCUT2D eigenvalue weighted by Crippen LogP contribution is 2.57. The quantitative estimate of drug-likeness (QED) is 0.0294. The van der Waals surface area contributed by atoms with Crippen LogP contribution in [-0.4, -0.2) is 169 Å². The summed E-state index contributed by atoms with van der Waals surface area (Å²) in [5, 5.41) is -18.6. The third kappa shape index (κ3) is 20.7. The van der Waals surface area contributed by atoms with Gasteiger partial charge in [0.05, 0.1) is 37.6 Å². The van der Waals surface area contributed by atoms with Crippen LogP contribution in [0, 0.1) is 0 Å². The number of ether oxygens (including phenoxy) is 10. The molecule has 2 aromatic carbocycles. The average Bonchev–Trinajstić information content (AvgIpc) is 0.761. The summed E-state index contributed by atoms with van der Waals surface area (Å²) in [6, 6.07) is -1.65. The molecule has 0 saturated heterocycles. The fourth-order valence-corrected chi connectivity index (χ4v) is 6.60. The van der Waals surface area contributed by atoms with Crippen molar-refractivity contribution in [2.75, 3.05) is 26.4 Å². The fourth-order valence-electron chi connectivity index (χ4n) is 6.14. The third-order valence-corrected chi connectivity index (χ3v) is 12.1. The number of carbonyl (C=O) groups is 4. The van der Waals surface area contributed by atoms with E-state index in [1.165, 1.54) is 0 Å². The summed E-state index contributed by atoms with van der Waals surface area (Å²) in [6.45, 7) is 0.277. The third-order valence-electron chi connectivity index (χ3n) is 11.1. The Morgan fingerprint density at radius 1 is 0.330 bits per heavy atom. The van der Waals surface area contributed by atoms with Crippen LogP contribution in [0.4, 0.5) is 176 Å². The van der Waals surface area contributed by atoms with Gasteiger partial charge >= 0.3 is 143 Å². The van der Waals surface area contributed by atoms with E-state index in [-0.39, 0.29) is 12.1 Å². The molecule has 57 heteroatoms. The van der Waals surface area contributed by atoms with Gasteiger partial charge in [-0.15, -0.1) is 0 Å². The first-order valence-corrected chi connectivity index (χ1v) is 26.1. The van der Waals surface area contributed by atoms with Crippen LogP contribution >= 0.6 is 34.8 Å². The van der Waals surface area contributed by atoms with Crippen molar-refractivity contribution in [2.24, 2.45) is 0 Å². The molecule has 14 nitrogen and oxygen atoms in total. The molecule has 4 atom stereocenters. The van der Waals surface area contributed by atoms with Crippen LogP contribution < -0.4 is 9.47 Å². The van der Waals surface area contributed by atoms with Gasteiger partial charge in [0.15, 0.2) is 0 Å². The molecule has 0 amide bonds. The van der Waals surface area contributed by atoms with Gasteiger partial charge in [-0.3, -0.25) is 18.9 Å². The maximum Gasteiger partial charge on any atom is 0.476 e. The van der Waals surface area contributed by atoms with Crippen molar-refractivity contribution < 1.29 is 242 Å². The maximum atomic E-state index is 14.9. The minimum absolute atomic E-state index is 0.348. The summed E-state index contributed by atoms with van der Waals surface area (Å²) in [5.74, 6) is -54.5. The highest BCUT2D eigenvalue weighted by Gasteiger charge is 2.82. The first kappa shape index (κ1) is 94.8. The Balaban J connectivity index is 0.00000103. The van der Waals surface area contributed by atoms with Crippen molar-refractivity contribution in [3.63, 3.8) is 0 Å². The summed E-state index contributed by atoms with van der Waals surface area (Å²) in [4.78, 5) is 49.6. The van der Waals surface area contributed by atoms with E-state index >= 15 is 0 Å². The number of rotatable bonds is 32. The monoisotopic (exact) mass is 1670 g/mol. The summed E-state index contributed by atoms with van der Waals surface area (Å²) in [5.41, 5.74) is -10.8. The molecule has 0 N–H and O–H groups in total. The molecule has 0 heterocycles. The first-order valence-electron chi connectivity index (χ1n) is 25.0. The van der Waals surface area contributed by atoms with Gasteiger partial charge in [-0.25, -0.2) is 23.6 Å². The predicted molar refractivity (Wildman–Crippen MR) is 247 cm³/mol. The Hall–Kier alpha value is -6.17. The van der Waals surface area contributed by atoms with Crippen molar-refractivity contribution in [1.29, 1.82) is 0 Å². The molecule has 0 radical (unpaired) electrons. The molecule has 0 aliphatic carbocycles. The van der Waals surface area contributed by atoms with Gasteiger partial charge in [-0.1, -0.05) is 0 Å². The van der Waals surface area contributed by atoms with E-state index in [0.717, 1.165) is 27.7 Å². The minimum atomic E-state index is -7.47. The van der Waals surface area contributed by atoms with Crippen LogP contribution in [0.1, 0.15) is 80.3 Å². The van der Waals surface area contributed by atoms with E-state index in [2.05, 4.69) is 82.2 Å². The van der Waals surface area contributed by atoms with Gasteiger partial charge in [0.2, 0.25) is 0 Å². The van der Waals surface area contributed by atoms with Crippen LogP contribution in [0.2, 0.25) is 0 Å². The Kier molecular flexibility index (Phi) is 28.5. The number of hydrogen-bond donors (Lipinski definition) is 0. The molecule has 0 aromatic heterocycles. The molecule has 598 valence electrons. The number of hydrogen-bond acceptors (Lipinski definition) is 14. The second-order valence-corrected chi connectivity index (χ2v) is 20.0. The van der Waals surface area contributed by atoms with Crippen LogP contribution in [0.3, 0.4) is 0 Å². The first-order chi connectivity index (χ1) is 45.2. The summed E-state index contributed by atoms with van der Waals surface area (Å²) in [6.07, 6.45) is -81.9. The lowest BCUT2D eigenvalue weighted by molar-refractivity contribution is -0.469. The van der Waals surface area contributed by atoms with Gasteiger partial charge in [0, 0.05) is 12.8 Å². The molecule has 2 rings (SSSR count). The molecule has 0 aliphatic heterocycles. The lowest BCUT2D eigenvalue weighted by Gasteiger charge is -2.35. The van der Waals surface area contributed by atoms with Crippen molar-refractivity contribution in [1.82, 2.24) is 0 Å². The topological polar surface area (TPSA) is 161 Å². The number of esters is 4. The normalized spacial score (nSPS) is 16.3. The standard InChI is InChI=1S/C23H14Cl2F20O7.C23H15ClF20O7/c1-3-48-12(46)9-6-11(50-23(44,45)18(25,33)52-22(42,43)16(30,31)20(37,38)39)10(13(47)49-4-2)5-8(9)7-14(26,27)17(24,32)51-21(40,41)15(28,29)19(34,35)36;1-3-47-12(45)9-6-11(49-16(28,29)14(25)50-22(41,42)17(30,31)20(35,36)37)10(13(46)48-4-2)5-8(9)7-15(26,27)19(24,34)51-23(43,44)18(32,33)21(38,39)40/h5-6H,3-4,7H2,1-2H3;5-6,14H,3-4,7H2,1-2H3. The highest BCUT2D eigenvalue weighted by molar-refractivity contribution is 6.23. The van der Waals surface area contributed by atoms with E-state index in [0.29, 0.717) is 0 Å². The van der Waals surface area contributed by atoms with Gasteiger partial charge in [0.25, 0.3) is 0 Å². The molecule has 0 aliphatic rings. The molecule has 4 unspecified atom stereocenters. The second kappa shape index (κ2) is 31.0. The van der Waals surface area contributed by atoms with E-state index in [1.54, 1.807) is 0 Å². The highest BCUT2D eigenvalue weighted by atomic mass is 35.5. The summed E-state index contributed by atoms with van der Waals surface area (Å²) >= 11 is 13.2. The van der Waals surface area contributed by atoms with Crippen LogP contribution in [0.5, 0.6) is 11.5 Å². The average molecular weight is 1670 g/mol. The molecule has 0 fully saturated rings. The van der Waals surface area contributed by atoms with Crippen molar-refractivity contribution >= 4 is 58.7 Å². The van der Waals surface area contributed by atoms with Crippen LogP contribution in [-0.2, 0) is 50.7 Å². The lowest BCUT2D eigenvalue weighted by Crippen LogP contribution is -2.59. The Labute approximate surface area is 555 Å². The van der Waals surface area contributed by atoms with E-state index in [4.69, 9.17) is 0 Å². The number of benzene rings is 2. The molecular weight excluding hydrogens is 1640 g/mol. The Morgan fingerprint density at radius 3 is 0.816 bits per heavy atom. The largest absolute Gasteiger partial charge is 0.476 e. The number of halogens is 43. The summed E-state index contributed by atoms with van der Waals surface area (Å²) in [7, 11) is 0. The molecule has 103 heavy (non-hydrogen) atoms. The van der Waals surface area contributed by atoms with Crippen molar-refractivity contribution in [3.8, 4) is 11.5 Å². The predicted octanol–water partition coefficient (Wildman–Crippen LogP) is 18.5. The van der Waals surface area contributed by atoms with E-state index < -0.39 is 239 Å². The lowest BCUT2D eigenvalue weighted by atomic mass is 9.97. The summed E-state index contributed by atoms with van der Waals surface area (Å²) < 4.78 is 570. The number of alkyl halides is 43. The second-order valence-electron chi connectivity index (χ2n) is 18.6. The van der Waals surface area contributed by atoms with Gasteiger partial charge in [-0.2, -0.15) is 171 Å². The minimum Gasteiger partial charge on any atom is -0.462 e. The van der Waals surface area contributed by atoms with Crippen LogP contribution in [0.15, 0.2) is 24.3 Å². The molecule has 0 bridgehead atoms. The fraction of sp³-hybridized carbons (Fsp3) is 0.652. The van der Waals surface area contributed by atoms with E-state index in [1.807, 2.05) is 0 Å². The molecular formula is C46H29Cl3F40O14. The zero-order chi connectivity index (χ0) is 82.1. The Morgan fingerprint density at radius 2 is 0.563 bits per heavy atom. The maximum absolute atomic E-state index is 14.9. The van der Waals surface area contributed by atoms with Crippen molar-refractivity contribution in [2.45, 2.75) is 160 Å². The van der Waals surface area contributed by atoms with Gasteiger partial charge in [-0.05, 0) is 97.9 Å². The van der Waals surface area contributed by atoms with E-state index in [9.17, 15) is 195 Å². The van der Waals surface area contributed by atoms with Crippen LogP contribution in [0.25, 0.3) is 0 Å². The molecule has 0 saturated carbocycles. The number of carbonyl (C=O) groups excluding carboxylic acids is 4. The van der Waals surface area contributed by atoms with Gasteiger partial charge < -0.3 is 28.4 Å². The SMILES string of the molecule is CCOC(=O)c1cc(OC(F)(F)C(F)(Cl)OC(F)(F)C(F)(F)C(F)(F)F)c(C(=O)OCC)cc1CC(F)(F)C(F)(Cl)OC(F)(F)C(F)(F)C(F)(F)F.CCOC(=O)c1cc(OC(F)(F)C(F)OC(F)(F)C(F)(F)C(F)(F)F)c(C(=O)OCC)cc1CC(F)(F)C(F)(Cl)OC(F)(F)C(F)(F)C(F)(F)F. The zero-order valence-corrected chi connectivity index (χ0v) is 50.9. The molecule has 0 spiro atoms. The van der Waals surface area contributed by atoms with Gasteiger partial charge in [0.1, 0.15) is 22.6 Å². The van der Waals surface area contributed by atoms with Crippen molar-refractivity contribution in [3.05, 3.63) is 57.6 Å². The Bertz CT molecular complexity index is 3190. The smallest absolute Gasteiger partial charge is 0.462 e.